The Labute approximate surface area is 107 Å². The van der Waals surface area contributed by atoms with E-state index in [-0.39, 0.29) is 12.4 Å². The molecular formula is C12H16N2O3S. The van der Waals surface area contributed by atoms with Crippen LogP contribution < -0.4 is 9.46 Å². The molecule has 0 saturated carbocycles. The number of nitrogens with zero attached hydrogens (tertiary/aromatic N) is 1. The van der Waals surface area contributed by atoms with Gasteiger partial charge in [-0.1, -0.05) is 13.3 Å². The highest BCUT2D eigenvalue weighted by molar-refractivity contribution is 7.92. The molecule has 0 aromatic heterocycles. The van der Waals surface area contributed by atoms with Crippen molar-refractivity contribution < 1.29 is 13.2 Å². The maximum Gasteiger partial charge on any atom is 0.232 e. The summed E-state index contributed by atoms with van der Waals surface area (Å²) >= 11 is 0. The number of nitrogens with one attached hydrogen (secondary N) is 1. The average molecular weight is 268 g/mol. The van der Waals surface area contributed by atoms with Gasteiger partial charge in [0.2, 0.25) is 10.0 Å². The van der Waals surface area contributed by atoms with Gasteiger partial charge < -0.3 is 4.74 Å². The first-order chi connectivity index (χ1) is 8.57. The molecule has 0 aliphatic carbocycles. The molecule has 0 radical (unpaired) electrons. The molecule has 0 atom stereocenters. The smallest absolute Gasteiger partial charge is 0.232 e. The third-order valence-electron chi connectivity index (χ3n) is 2.20. The molecule has 6 heteroatoms. The van der Waals surface area contributed by atoms with Crippen molar-refractivity contribution in [1.82, 2.24) is 0 Å². The average Bonchev–Trinajstić information content (AvgIpc) is 2.35. The number of rotatable bonds is 7. The predicted octanol–water partition coefficient (Wildman–Crippen LogP) is 2.13. The minimum atomic E-state index is -3.27. The molecule has 0 fully saturated rings. The first kappa shape index (κ1) is 14.3. The lowest BCUT2D eigenvalue weighted by Gasteiger charge is -2.08. The molecule has 5 nitrogen and oxygen atoms in total. The number of nitriles is 1. The molecule has 0 heterocycles. The summed E-state index contributed by atoms with van der Waals surface area (Å²) in [7, 11) is -3.27. The second-order valence-electron chi connectivity index (χ2n) is 3.75. The summed E-state index contributed by atoms with van der Waals surface area (Å²) in [5, 5.41) is 8.35. The third-order valence-corrected chi connectivity index (χ3v) is 3.57. The van der Waals surface area contributed by atoms with Crippen LogP contribution in [0.1, 0.15) is 19.8 Å². The van der Waals surface area contributed by atoms with Crippen LogP contribution in [0.4, 0.5) is 5.69 Å². The molecule has 18 heavy (non-hydrogen) atoms. The normalized spacial score (nSPS) is 10.7. The molecule has 0 aliphatic heterocycles. The summed E-state index contributed by atoms with van der Waals surface area (Å²) in [6, 6.07) is 8.31. The van der Waals surface area contributed by atoms with Crippen LogP contribution in [0.2, 0.25) is 0 Å². The Balaban J connectivity index is 2.61. The molecule has 0 unspecified atom stereocenters. The molecule has 0 amide bonds. The van der Waals surface area contributed by atoms with Crippen LogP contribution in [-0.2, 0) is 10.0 Å². The van der Waals surface area contributed by atoms with Crippen molar-refractivity contribution in [3.63, 3.8) is 0 Å². The zero-order chi connectivity index (χ0) is 13.4. The Morgan fingerprint density at radius 2 is 2.00 bits per heavy atom. The van der Waals surface area contributed by atoms with E-state index in [1.165, 1.54) is 0 Å². The molecule has 0 aliphatic rings. The first-order valence-corrected chi connectivity index (χ1v) is 7.33. The molecule has 98 valence electrons. The topological polar surface area (TPSA) is 79.2 Å². The Morgan fingerprint density at radius 1 is 1.33 bits per heavy atom. The minimum absolute atomic E-state index is 0.0262. The number of sulfonamides is 1. The van der Waals surface area contributed by atoms with Gasteiger partial charge in [0.15, 0.2) is 6.61 Å². The fraction of sp³-hybridized carbons (Fsp3) is 0.417. The van der Waals surface area contributed by atoms with Crippen LogP contribution in [0.3, 0.4) is 0 Å². The van der Waals surface area contributed by atoms with Gasteiger partial charge in [-0.15, -0.1) is 0 Å². The van der Waals surface area contributed by atoms with Gasteiger partial charge in [-0.05, 0) is 30.7 Å². The first-order valence-electron chi connectivity index (χ1n) is 5.67. The monoisotopic (exact) mass is 268 g/mol. The van der Waals surface area contributed by atoms with E-state index >= 15 is 0 Å². The van der Waals surface area contributed by atoms with E-state index in [1.807, 2.05) is 13.0 Å². The van der Waals surface area contributed by atoms with Gasteiger partial charge in [0.25, 0.3) is 0 Å². The Bertz CT molecular complexity index is 503. The zero-order valence-electron chi connectivity index (χ0n) is 10.2. The van der Waals surface area contributed by atoms with E-state index in [9.17, 15) is 8.42 Å². The Kier molecular flexibility index (Phi) is 5.46. The molecule has 1 aromatic carbocycles. The van der Waals surface area contributed by atoms with Crippen LogP contribution in [-0.4, -0.2) is 20.8 Å². The SMILES string of the molecule is CCCCS(=O)(=O)Nc1ccc(OCC#N)cc1. The van der Waals surface area contributed by atoms with Gasteiger partial charge in [0.1, 0.15) is 11.8 Å². The molecular weight excluding hydrogens is 252 g/mol. The molecule has 0 spiro atoms. The Morgan fingerprint density at radius 3 is 2.56 bits per heavy atom. The number of unbranched alkanes of at least 4 members (excludes halogenated alkanes) is 1. The number of ether oxygens (including phenoxy) is 1. The molecule has 1 rings (SSSR count). The maximum absolute atomic E-state index is 11.6. The van der Waals surface area contributed by atoms with Gasteiger partial charge in [-0.25, -0.2) is 8.42 Å². The fourth-order valence-electron chi connectivity index (χ4n) is 1.30. The summed E-state index contributed by atoms with van der Waals surface area (Å²) in [6.45, 7) is 1.92. The van der Waals surface area contributed by atoms with Crippen molar-refractivity contribution in [3.8, 4) is 11.8 Å². The second kappa shape index (κ2) is 6.87. The van der Waals surface area contributed by atoms with Gasteiger partial charge in [-0.2, -0.15) is 5.26 Å². The van der Waals surface area contributed by atoms with Crippen molar-refractivity contribution >= 4 is 15.7 Å². The van der Waals surface area contributed by atoms with E-state index in [2.05, 4.69) is 4.72 Å². The standard InChI is InChI=1S/C12H16N2O3S/c1-2-3-10-18(15,16)14-11-4-6-12(7-5-11)17-9-8-13/h4-7,14H,2-3,9-10H2,1H3. The van der Waals surface area contributed by atoms with E-state index in [0.29, 0.717) is 17.9 Å². The lowest BCUT2D eigenvalue weighted by Crippen LogP contribution is -2.16. The van der Waals surface area contributed by atoms with Crippen LogP contribution >= 0.6 is 0 Å². The van der Waals surface area contributed by atoms with Crippen LogP contribution in [0.25, 0.3) is 0 Å². The highest BCUT2D eigenvalue weighted by atomic mass is 32.2. The van der Waals surface area contributed by atoms with Gasteiger partial charge in [-0.3, -0.25) is 4.72 Å². The van der Waals surface area contributed by atoms with Crippen molar-refractivity contribution in [1.29, 1.82) is 5.26 Å². The van der Waals surface area contributed by atoms with E-state index in [4.69, 9.17) is 10.00 Å². The second-order valence-corrected chi connectivity index (χ2v) is 5.59. The largest absolute Gasteiger partial charge is 0.479 e. The number of hydrogen-bond donors (Lipinski definition) is 1. The molecule has 0 saturated heterocycles. The third kappa shape index (κ3) is 5.06. The van der Waals surface area contributed by atoms with Crippen molar-refractivity contribution in [2.75, 3.05) is 17.1 Å². The van der Waals surface area contributed by atoms with Crippen LogP contribution in [0.5, 0.6) is 5.75 Å². The minimum Gasteiger partial charge on any atom is -0.479 e. The summed E-state index contributed by atoms with van der Waals surface area (Å²) in [6.07, 6.45) is 1.47. The summed E-state index contributed by atoms with van der Waals surface area (Å²) in [5.74, 6) is 0.656. The quantitative estimate of drug-likeness (QED) is 0.821. The van der Waals surface area contributed by atoms with E-state index in [0.717, 1.165) is 6.42 Å². The number of anilines is 1. The van der Waals surface area contributed by atoms with Crippen molar-refractivity contribution in [3.05, 3.63) is 24.3 Å². The molecule has 1 N–H and O–H groups in total. The van der Waals surface area contributed by atoms with Gasteiger partial charge >= 0.3 is 0 Å². The highest BCUT2D eigenvalue weighted by Crippen LogP contribution is 2.16. The van der Waals surface area contributed by atoms with E-state index in [1.54, 1.807) is 24.3 Å². The van der Waals surface area contributed by atoms with Crippen LogP contribution in [0.15, 0.2) is 24.3 Å². The summed E-state index contributed by atoms with van der Waals surface area (Å²) < 4.78 is 30.8. The fourth-order valence-corrected chi connectivity index (χ4v) is 2.57. The lowest BCUT2D eigenvalue weighted by molar-refractivity contribution is 0.368. The molecule has 0 bridgehead atoms. The highest BCUT2D eigenvalue weighted by Gasteiger charge is 2.09. The number of benzene rings is 1. The van der Waals surface area contributed by atoms with Crippen LogP contribution in [0, 0.1) is 11.3 Å². The predicted molar refractivity (Wildman–Crippen MR) is 69.9 cm³/mol. The summed E-state index contributed by atoms with van der Waals surface area (Å²) in [4.78, 5) is 0. The van der Waals surface area contributed by atoms with Crippen molar-refractivity contribution in [2.24, 2.45) is 0 Å². The zero-order valence-corrected chi connectivity index (χ0v) is 11.0. The lowest BCUT2D eigenvalue weighted by atomic mass is 10.3. The van der Waals surface area contributed by atoms with E-state index < -0.39 is 10.0 Å². The van der Waals surface area contributed by atoms with Gasteiger partial charge in [0, 0.05) is 5.69 Å². The number of hydrogen-bond acceptors (Lipinski definition) is 4. The summed E-state index contributed by atoms with van der Waals surface area (Å²) in [5.41, 5.74) is 0.496. The Hall–Kier alpha value is -1.74. The maximum atomic E-state index is 11.6. The van der Waals surface area contributed by atoms with Gasteiger partial charge in [0.05, 0.1) is 5.75 Å². The van der Waals surface area contributed by atoms with Crippen molar-refractivity contribution in [2.45, 2.75) is 19.8 Å². The molecule has 1 aromatic rings.